The fourth-order valence-corrected chi connectivity index (χ4v) is 1.11. The number of aryl methyl sites for hydroxylation is 1. The molecule has 3 N–H and O–H groups in total. The summed E-state index contributed by atoms with van der Waals surface area (Å²) in [6.45, 7) is 7.24. The molecule has 0 atom stereocenters. The molecule has 0 aliphatic rings. The Bertz CT molecular complexity index is 350. The van der Waals surface area contributed by atoms with E-state index in [1.54, 1.807) is 6.92 Å². The summed E-state index contributed by atoms with van der Waals surface area (Å²) < 4.78 is 4.82. The number of nitrogens with zero attached hydrogens (tertiary/aromatic N) is 3. The molecule has 7 heteroatoms. The number of guanidine groups is 1. The molecule has 1 rings (SSSR count). The molecule has 1 aromatic rings. The van der Waals surface area contributed by atoms with E-state index in [1.165, 1.54) is 0 Å². The maximum atomic E-state index is 5.67. The Labute approximate surface area is 118 Å². The van der Waals surface area contributed by atoms with Crippen LogP contribution in [0.5, 0.6) is 0 Å². The molecule has 0 saturated carbocycles. The van der Waals surface area contributed by atoms with Crippen molar-refractivity contribution in [3.63, 3.8) is 0 Å². The second-order valence-electron chi connectivity index (χ2n) is 4.04. The SMILES string of the molecule is Cc1nc(CN=C(N)NCCC(C)C)no1.I. The van der Waals surface area contributed by atoms with E-state index in [4.69, 9.17) is 10.3 Å². The van der Waals surface area contributed by atoms with Gasteiger partial charge in [0.1, 0.15) is 6.54 Å². The zero-order chi connectivity index (χ0) is 12.0. The molecule has 0 aliphatic heterocycles. The first-order chi connectivity index (χ1) is 7.58. The second kappa shape index (κ2) is 8.26. The highest BCUT2D eigenvalue weighted by Gasteiger charge is 2.00. The molecule has 0 spiro atoms. The molecule has 0 bridgehead atoms. The van der Waals surface area contributed by atoms with Gasteiger partial charge in [0.25, 0.3) is 0 Å². The van der Waals surface area contributed by atoms with Crippen LogP contribution < -0.4 is 11.1 Å². The molecule has 0 radical (unpaired) electrons. The van der Waals surface area contributed by atoms with Gasteiger partial charge >= 0.3 is 0 Å². The van der Waals surface area contributed by atoms with Crippen LogP contribution in [-0.2, 0) is 6.54 Å². The van der Waals surface area contributed by atoms with Gasteiger partial charge < -0.3 is 15.6 Å². The zero-order valence-corrected chi connectivity index (χ0v) is 12.8. The van der Waals surface area contributed by atoms with Crippen LogP contribution in [0.3, 0.4) is 0 Å². The van der Waals surface area contributed by atoms with E-state index in [1.807, 2.05) is 0 Å². The van der Waals surface area contributed by atoms with Crippen molar-refractivity contribution >= 4 is 29.9 Å². The van der Waals surface area contributed by atoms with Crippen molar-refractivity contribution in [1.29, 1.82) is 0 Å². The summed E-state index contributed by atoms with van der Waals surface area (Å²) in [5.74, 6) is 2.16. The van der Waals surface area contributed by atoms with Gasteiger partial charge in [-0.3, -0.25) is 0 Å². The maximum absolute atomic E-state index is 5.67. The van der Waals surface area contributed by atoms with Crippen LogP contribution in [0.25, 0.3) is 0 Å². The fourth-order valence-electron chi connectivity index (χ4n) is 1.11. The molecule has 1 heterocycles. The monoisotopic (exact) mass is 353 g/mol. The van der Waals surface area contributed by atoms with Crippen molar-refractivity contribution in [2.45, 2.75) is 33.7 Å². The minimum atomic E-state index is 0. The molecule has 0 unspecified atom stereocenters. The Morgan fingerprint density at radius 1 is 1.53 bits per heavy atom. The lowest BCUT2D eigenvalue weighted by Crippen LogP contribution is -2.32. The van der Waals surface area contributed by atoms with Crippen molar-refractivity contribution in [3.05, 3.63) is 11.7 Å². The molecule has 0 amide bonds. The number of nitrogens with one attached hydrogen (secondary N) is 1. The number of hydrogen-bond acceptors (Lipinski definition) is 4. The van der Waals surface area contributed by atoms with E-state index >= 15 is 0 Å². The van der Waals surface area contributed by atoms with Gasteiger partial charge in [-0.1, -0.05) is 19.0 Å². The predicted octanol–water partition coefficient (Wildman–Crippen LogP) is 1.45. The first-order valence-electron chi connectivity index (χ1n) is 5.41. The highest BCUT2D eigenvalue weighted by molar-refractivity contribution is 14.0. The second-order valence-corrected chi connectivity index (χ2v) is 4.04. The van der Waals surface area contributed by atoms with Gasteiger partial charge in [-0.15, -0.1) is 24.0 Å². The smallest absolute Gasteiger partial charge is 0.223 e. The van der Waals surface area contributed by atoms with Crippen LogP contribution in [-0.4, -0.2) is 22.6 Å². The number of halogens is 1. The molecule has 0 fully saturated rings. The third kappa shape index (κ3) is 7.14. The van der Waals surface area contributed by atoms with Gasteiger partial charge in [-0.05, 0) is 12.3 Å². The third-order valence-electron chi connectivity index (χ3n) is 1.99. The topological polar surface area (TPSA) is 89.3 Å². The van der Waals surface area contributed by atoms with Crippen molar-refractivity contribution in [2.24, 2.45) is 16.6 Å². The van der Waals surface area contributed by atoms with Gasteiger partial charge in [0.05, 0.1) is 0 Å². The Morgan fingerprint density at radius 3 is 2.76 bits per heavy atom. The predicted molar refractivity (Wildman–Crippen MR) is 77.2 cm³/mol. The molecular formula is C10H20IN5O. The average Bonchev–Trinajstić information content (AvgIpc) is 2.61. The summed E-state index contributed by atoms with van der Waals surface area (Å²) in [6.07, 6.45) is 1.07. The quantitative estimate of drug-likeness (QED) is 0.475. The van der Waals surface area contributed by atoms with Crippen molar-refractivity contribution < 1.29 is 4.52 Å². The number of aliphatic imine (C=N–C) groups is 1. The maximum Gasteiger partial charge on any atom is 0.223 e. The van der Waals surface area contributed by atoms with Crippen LogP contribution in [0, 0.1) is 12.8 Å². The lowest BCUT2D eigenvalue weighted by molar-refractivity contribution is 0.387. The minimum absolute atomic E-state index is 0. The largest absolute Gasteiger partial charge is 0.370 e. The first-order valence-corrected chi connectivity index (χ1v) is 5.41. The zero-order valence-electron chi connectivity index (χ0n) is 10.4. The molecular weight excluding hydrogens is 333 g/mol. The number of hydrogen-bond donors (Lipinski definition) is 2. The summed E-state index contributed by atoms with van der Waals surface area (Å²) >= 11 is 0. The Hall–Kier alpha value is -0.860. The van der Waals surface area contributed by atoms with E-state index in [2.05, 4.69) is 34.3 Å². The van der Waals surface area contributed by atoms with E-state index in [9.17, 15) is 0 Å². The third-order valence-corrected chi connectivity index (χ3v) is 1.99. The van der Waals surface area contributed by atoms with Gasteiger partial charge in [-0.25, -0.2) is 4.99 Å². The lowest BCUT2D eigenvalue weighted by Gasteiger charge is -2.06. The molecule has 17 heavy (non-hydrogen) atoms. The van der Waals surface area contributed by atoms with E-state index < -0.39 is 0 Å². The summed E-state index contributed by atoms with van der Waals surface area (Å²) in [4.78, 5) is 8.13. The van der Waals surface area contributed by atoms with Crippen LogP contribution in [0.2, 0.25) is 0 Å². The lowest BCUT2D eigenvalue weighted by atomic mass is 10.1. The Kier molecular flexibility index (Phi) is 7.85. The highest BCUT2D eigenvalue weighted by Crippen LogP contribution is 1.97. The fraction of sp³-hybridized carbons (Fsp3) is 0.700. The number of aromatic nitrogens is 2. The summed E-state index contributed by atoms with van der Waals surface area (Å²) in [6, 6.07) is 0. The van der Waals surface area contributed by atoms with E-state index in [0.29, 0.717) is 30.1 Å². The molecule has 0 aromatic carbocycles. The summed E-state index contributed by atoms with van der Waals surface area (Å²) in [7, 11) is 0. The summed E-state index contributed by atoms with van der Waals surface area (Å²) in [5, 5.41) is 6.75. The minimum Gasteiger partial charge on any atom is -0.370 e. The summed E-state index contributed by atoms with van der Waals surface area (Å²) in [5.41, 5.74) is 5.67. The number of nitrogens with two attached hydrogens (primary N) is 1. The van der Waals surface area contributed by atoms with Crippen LogP contribution in [0.15, 0.2) is 9.52 Å². The van der Waals surface area contributed by atoms with Gasteiger partial charge in [-0.2, -0.15) is 4.98 Å². The van der Waals surface area contributed by atoms with Gasteiger partial charge in [0.2, 0.25) is 5.89 Å². The van der Waals surface area contributed by atoms with Crippen molar-refractivity contribution in [1.82, 2.24) is 15.5 Å². The van der Waals surface area contributed by atoms with Crippen LogP contribution in [0.4, 0.5) is 0 Å². The van der Waals surface area contributed by atoms with Gasteiger partial charge in [0, 0.05) is 13.5 Å². The normalized spacial score (nSPS) is 11.4. The Balaban J connectivity index is 0.00000256. The van der Waals surface area contributed by atoms with Crippen molar-refractivity contribution in [3.8, 4) is 0 Å². The average molecular weight is 353 g/mol. The molecule has 0 aliphatic carbocycles. The molecule has 1 aromatic heterocycles. The highest BCUT2D eigenvalue weighted by atomic mass is 127. The van der Waals surface area contributed by atoms with Crippen LogP contribution in [0.1, 0.15) is 32.0 Å². The van der Waals surface area contributed by atoms with E-state index in [0.717, 1.165) is 13.0 Å². The number of rotatable bonds is 5. The Morgan fingerprint density at radius 2 is 2.24 bits per heavy atom. The molecule has 0 saturated heterocycles. The van der Waals surface area contributed by atoms with Crippen LogP contribution >= 0.6 is 24.0 Å². The standard InChI is InChI=1S/C10H19N5O.HI/c1-7(2)4-5-12-10(11)13-6-9-14-8(3)16-15-9;/h7H,4-6H2,1-3H3,(H3,11,12,13);1H. The van der Waals surface area contributed by atoms with E-state index in [-0.39, 0.29) is 24.0 Å². The first kappa shape index (κ1) is 16.1. The van der Waals surface area contributed by atoms with Gasteiger partial charge in [0.15, 0.2) is 11.8 Å². The van der Waals surface area contributed by atoms with Crippen molar-refractivity contribution in [2.75, 3.05) is 6.54 Å². The molecule has 98 valence electrons. The molecule has 6 nitrogen and oxygen atoms in total.